The number of imidazole rings is 1. The number of hydrogen-bond donors (Lipinski definition) is 1. The Balaban J connectivity index is 0.00000225. The van der Waals surface area contributed by atoms with E-state index in [1.54, 1.807) is 6.20 Å². The molecule has 2 amide bonds. The summed E-state index contributed by atoms with van der Waals surface area (Å²) in [5.74, 6) is 0.777. The minimum atomic E-state index is -0.252. The molecule has 2 unspecified atom stereocenters. The molecule has 0 saturated carbocycles. The fraction of sp³-hybridized carbons (Fsp3) is 0.706. The van der Waals surface area contributed by atoms with Gasteiger partial charge in [-0.2, -0.15) is 0 Å². The molecule has 3 rings (SSSR count). The summed E-state index contributed by atoms with van der Waals surface area (Å²) in [4.78, 5) is 33.6. The van der Waals surface area contributed by atoms with E-state index in [2.05, 4.69) is 10.3 Å². The number of aryl methyl sites for hydroxylation is 1. The van der Waals surface area contributed by atoms with Crippen molar-refractivity contribution < 1.29 is 9.59 Å². The molecule has 0 aliphatic carbocycles. The van der Waals surface area contributed by atoms with Crippen LogP contribution >= 0.6 is 12.4 Å². The quantitative estimate of drug-likeness (QED) is 0.843. The Bertz CT molecular complexity index is 639. The maximum atomic E-state index is 13.1. The molecule has 1 aromatic rings. The van der Waals surface area contributed by atoms with Gasteiger partial charge < -0.3 is 19.7 Å². The number of carbonyl (C=O) groups excluding carboxylic acids is 2. The van der Waals surface area contributed by atoms with Crippen molar-refractivity contribution in [2.24, 2.45) is 13.0 Å². The monoisotopic (exact) mass is 369 g/mol. The van der Waals surface area contributed by atoms with Gasteiger partial charge in [-0.3, -0.25) is 9.59 Å². The lowest BCUT2D eigenvalue weighted by Crippen LogP contribution is -2.51. The van der Waals surface area contributed by atoms with Crippen LogP contribution in [0.5, 0.6) is 0 Å². The third-order valence-electron chi connectivity index (χ3n) is 4.97. The number of piperazine rings is 1. The Kier molecular flexibility index (Phi) is 5.79. The molecule has 140 valence electrons. The third-order valence-corrected chi connectivity index (χ3v) is 4.97. The summed E-state index contributed by atoms with van der Waals surface area (Å²) in [5, 5.41) is 3.34. The molecular formula is C17H28ClN5O2. The van der Waals surface area contributed by atoms with Crippen molar-refractivity contribution in [1.82, 2.24) is 24.7 Å². The standard InChI is InChI=1S/C17H27N5O2.ClH/c1-17(2,3)22-11-12(9-14(22)23)16(24)21-8-5-18-10-13(21)15-19-6-7-20(15)4;/h6-7,12-13,18H,5,8-11H2,1-4H3;1H. The minimum absolute atomic E-state index is 0. The highest BCUT2D eigenvalue weighted by molar-refractivity contribution is 5.90. The summed E-state index contributed by atoms with van der Waals surface area (Å²) in [6.07, 6.45) is 3.97. The predicted molar refractivity (Wildman–Crippen MR) is 97.4 cm³/mol. The van der Waals surface area contributed by atoms with Crippen LogP contribution in [0.25, 0.3) is 0 Å². The maximum Gasteiger partial charge on any atom is 0.228 e. The molecule has 0 bridgehead atoms. The Labute approximate surface area is 155 Å². The van der Waals surface area contributed by atoms with Gasteiger partial charge in [0.1, 0.15) is 11.9 Å². The summed E-state index contributed by atoms with van der Waals surface area (Å²) in [6, 6.07) is -0.0787. The molecule has 1 N–H and O–H groups in total. The van der Waals surface area contributed by atoms with Gasteiger partial charge in [0.2, 0.25) is 11.8 Å². The number of rotatable bonds is 2. The van der Waals surface area contributed by atoms with Gasteiger partial charge >= 0.3 is 0 Å². The van der Waals surface area contributed by atoms with Crippen LogP contribution in [0.1, 0.15) is 39.1 Å². The molecule has 2 atom stereocenters. The third kappa shape index (κ3) is 3.82. The number of amides is 2. The second-order valence-corrected chi connectivity index (χ2v) is 7.72. The summed E-state index contributed by atoms with van der Waals surface area (Å²) in [7, 11) is 1.94. The molecular weight excluding hydrogens is 342 g/mol. The molecule has 1 aromatic heterocycles. The number of likely N-dealkylation sites (tertiary alicyclic amines) is 1. The number of halogens is 1. The molecule has 2 aliphatic rings. The SMILES string of the molecule is Cl.Cn1ccnc1C1CNCCN1C(=O)C1CC(=O)N(C(C)(C)C)C1. The lowest BCUT2D eigenvalue weighted by molar-refractivity contribution is -0.139. The van der Waals surface area contributed by atoms with Crippen molar-refractivity contribution in [2.45, 2.75) is 38.8 Å². The summed E-state index contributed by atoms with van der Waals surface area (Å²) in [5.41, 5.74) is -0.241. The van der Waals surface area contributed by atoms with Gasteiger partial charge in [-0.05, 0) is 20.8 Å². The Morgan fingerprint density at radius 3 is 2.64 bits per heavy atom. The molecule has 2 aliphatic heterocycles. The first-order valence-electron chi connectivity index (χ1n) is 8.58. The summed E-state index contributed by atoms with van der Waals surface area (Å²) >= 11 is 0. The van der Waals surface area contributed by atoms with Crippen molar-refractivity contribution in [1.29, 1.82) is 0 Å². The van der Waals surface area contributed by atoms with Crippen molar-refractivity contribution in [2.75, 3.05) is 26.2 Å². The van der Waals surface area contributed by atoms with Crippen LogP contribution in [0, 0.1) is 5.92 Å². The first-order chi connectivity index (χ1) is 11.3. The zero-order valence-corrected chi connectivity index (χ0v) is 16.2. The van der Waals surface area contributed by atoms with Crippen LogP contribution in [0.4, 0.5) is 0 Å². The van der Waals surface area contributed by atoms with E-state index < -0.39 is 0 Å². The van der Waals surface area contributed by atoms with Gasteiger partial charge in [-0.25, -0.2) is 4.98 Å². The lowest BCUT2D eigenvalue weighted by atomic mass is 10.0. The minimum Gasteiger partial charge on any atom is -0.337 e. The van der Waals surface area contributed by atoms with E-state index in [4.69, 9.17) is 0 Å². The normalized spacial score (nSPS) is 24.4. The van der Waals surface area contributed by atoms with Gasteiger partial charge in [-0.1, -0.05) is 0 Å². The molecule has 2 saturated heterocycles. The van der Waals surface area contributed by atoms with Crippen LogP contribution in [0.3, 0.4) is 0 Å². The average Bonchev–Trinajstić information content (AvgIpc) is 3.12. The molecule has 7 nitrogen and oxygen atoms in total. The van der Waals surface area contributed by atoms with E-state index in [-0.39, 0.29) is 41.7 Å². The van der Waals surface area contributed by atoms with Crippen LogP contribution < -0.4 is 5.32 Å². The molecule has 2 fully saturated rings. The Morgan fingerprint density at radius 2 is 2.08 bits per heavy atom. The summed E-state index contributed by atoms with van der Waals surface area (Å²) < 4.78 is 1.96. The average molecular weight is 370 g/mol. The van der Waals surface area contributed by atoms with Crippen molar-refractivity contribution >= 4 is 24.2 Å². The topological polar surface area (TPSA) is 70.5 Å². The molecule has 0 radical (unpaired) electrons. The van der Waals surface area contributed by atoms with Gasteiger partial charge in [0, 0.05) is 57.6 Å². The molecule has 25 heavy (non-hydrogen) atoms. The molecule has 3 heterocycles. The van der Waals surface area contributed by atoms with Crippen LogP contribution in [-0.4, -0.2) is 62.9 Å². The Hall–Kier alpha value is -1.60. The maximum absolute atomic E-state index is 13.1. The second kappa shape index (κ2) is 7.33. The van der Waals surface area contributed by atoms with Crippen LogP contribution in [0.15, 0.2) is 12.4 Å². The van der Waals surface area contributed by atoms with Crippen LogP contribution in [-0.2, 0) is 16.6 Å². The number of hydrogen-bond acceptors (Lipinski definition) is 4. The van der Waals surface area contributed by atoms with Gasteiger partial charge in [0.15, 0.2) is 0 Å². The highest BCUT2D eigenvalue weighted by Gasteiger charge is 2.43. The largest absolute Gasteiger partial charge is 0.337 e. The zero-order chi connectivity index (χ0) is 17.5. The van der Waals surface area contributed by atoms with Gasteiger partial charge in [0.05, 0.1) is 5.92 Å². The highest BCUT2D eigenvalue weighted by Crippen LogP contribution is 2.30. The predicted octanol–water partition coefficient (Wildman–Crippen LogP) is 0.962. The second-order valence-electron chi connectivity index (χ2n) is 7.72. The fourth-order valence-corrected chi connectivity index (χ4v) is 3.65. The number of carbonyl (C=O) groups is 2. The Morgan fingerprint density at radius 1 is 1.36 bits per heavy atom. The first-order valence-corrected chi connectivity index (χ1v) is 8.58. The van der Waals surface area contributed by atoms with E-state index in [9.17, 15) is 9.59 Å². The summed E-state index contributed by atoms with van der Waals surface area (Å²) in [6.45, 7) is 8.67. The van der Waals surface area contributed by atoms with Crippen LogP contribution in [0.2, 0.25) is 0 Å². The molecule has 0 aromatic carbocycles. The fourth-order valence-electron chi connectivity index (χ4n) is 3.65. The van der Waals surface area contributed by atoms with E-state index in [1.807, 2.05) is 48.4 Å². The number of aromatic nitrogens is 2. The smallest absolute Gasteiger partial charge is 0.228 e. The van der Waals surface area contributed by atoms with E-state index in [1.165, 1.54) is 0 Å². The highest BCUT2D eigenvalue weighted by atomic mass is 35.5. The van der Waals surface area contributed by atoms with E-state index >= 15 is 0 Å². The molecule has 0 spiro atoms. The van der Waals surface area contributed by atoms with E-state index in [0.29, 0.717) is 26.1 Å². The van der Waals surface area contributed by atoms with Crippen molar-refractivity contribution in [3.63, 3.8) is 0 Å². The zero-order valence-electron chi connectivity index (χ0n) is 15.4. The van der Waals surface area contributed by atoms with Gasteiger partial charge in [0.25, 0.3) is 0 Å². The van der Waals surface area contributed by atoms with Crippen molar-refractivity contribution in [3.05, 3.63) is 18.2 Å². The van der Waals surface area contributed by atoms with E-state index in [0.717, 1.165) is 12.4 Å². The lowest BCUT2D eigenvalue weighted by Gasteiger charge is -2.37. The number of nitrogens with zero attached hydrogens (tertiary/aromatic N) is 4. The van der Waals surface area contributed by atoms with Crippen molar-refractivity contribution in [3.8, 4) is 0 Å². The van der Waals surface area contributed by atoms with Gasteiger partial charge in [-0.15, -0.1) is 12.4 Å². The molecule has 8 heteroatoms. The first kappa shape index (κ1) is 19.7. The number of nitrogens with one attached hydrogen (secondary N) is 1.